The fourth-order valence-corrected chi connectivity index (χ4v) is 3.19. The summed E-state index contributed by atoms with van der Waals surface area (Å²) in [6.45, 7) is 1.27. The zero-order valence-corrected chi connectivity index (χ0v) is 15.9. The Kier molecular flexibility index (Phi) is 5.09. The van der Waals surface area contributed by atoms with E-state index < -0.39 is 29.1 Å². The van der Waals surface area contributed by atoms with E-state index in [4.69, 9.17) is 0 Å². The van der Waals surface area contributed by atoms with Crippen LogP contribution < -0.4 is 10.9 Å². The first-order chi connectivity index (χ1) is 14.4. The van der Waals surface area contributed by atoms with Gasteiger partial charge in [-0.15, -0.1) is 0 Å². The monoisotopic (exact) mass is 409 g/mol. The van der Waals surface area contributed by atoms with Crippen LogP contribution in [-0.4, -0.2) is 25.2 Å². The third-order valence-electron chi connectivity index (χ3n) is 4.68. The van der Waals surface area contributed by atoms with Crippen molar-refractivity contribution in [2.75, 3.05) is 0 Å². The van der Waals surface area contributed by atoms with Crippen LogP contribution in [-0.2, 0) is 11.3 Å². The fraction of sp³-hybridized carbons (Fsp3) is 0.143. The molecule has 4 aromatic rings. The van der Waals surface area contributed by atoms with Gasteiger partial charge < -0.3 is 5.32 Å². The molecule has 2 aromatic heterocycles. The number of fused-ring (bicyclic) bond motifs is 1. The Balaban J connectivity index is 1.54. The number of nitrogens with zero attached hydrogens (tertiary/aromatic N) is 4. The van der Waals surface area contributed by atoms with E-state index in [1.165, 1.54) is 18.6 Å². The van der Waals surface area contributed by atoms with E-state index >= 15 is 0 Å². The number of carbonyl (C=O) groups excluding carboxylic acids is 1. The Bertz CT molecular complexity index is 1280. The lowest BCUT2D eigenvalue weighted by Crippen LogP contribution is -2.34. The number of carbonyl (C=O) groups is 1. The Morgan fingerprint density at radius 2 is 1.93 bits per heavy atom. The lowest BCUT2D eigenvalue weighted by atomic mass is 10.1. The van der Waals surface area contributed by atoms with E-state index in [0.29, 0.717) is 5.65 Å². The van der Waals surface area contributed by atoms with Crippen LogP contribution in [0.4, 0.5) is 8.78 Å². The van der Waals surface area contributed by atoms with Crippen molar-refractivity contribution in [3.63, 3.8) is 0 Å². The summed E-state index contributed by atoms with van der Waals surface area (Å²) in [5.74, 6) is -1.96. The third kappa shape index (κ3) is 3.69. The second-order valence-electron chi connectivity index (χ2n) is 6.76. The van der Waals surface area contributed by atoms with Crippen molar-refractivity contribution in [1.82, 2.24) is 24.6 Å². The molecule has 0 bridgehead atoms. The van der Waals surface area contributed by atoms with Crippen LogP contribution in [0.25, 0.3) is 16.7 Å². The summed E-state index contributed by atoms with van der Waals surface area (Å²) < 4.78 is 29.7. The van der Waals surface area contributed by atoms with E-state index in [1.807, 2.05) is 30.3 Å². The minimum atomic E-state index is -0.753. The number of rotatable bonds is 5. The van der Waals surface area contributed by atoms with Gasteiger partial charge in [-0.1, -0.05) is 24.3 Å². The summed E-state index contributed by atoms with van der Waals surface area (Å²) in [4.78, 5) is 29.4. The van der Waals surface area contributed by atoms with Gasteiger partial charge in [0.15, 0.2) is 5.65 Å². The zero-order valence-electron chi connectivity index (χ0n) is 15.9. The first-order valence-corrected chi connectivity index (χ1v) is 9.17. The first kappa shape index (κ1) is 19.4. The minimum absolute atomic E-state index is 0.148. The van der Waals surface area contributed by atoms with Gasteiger partial charge >= 0.3 is 0 Å². The molecular formula is C21H17F2N5O2. The average Bonchev–Trinajstić information content (AvgIpc) is 3.15. The quantitative estimate of drug-likeness (QED) is 0.550. The summed E-state index contributed by atoms with van der Waals surface area (Å²) in [5.41, 5.74) is 0.863. The second kappa shape index (κ2) is 7.86. The maximum Gasteiger partial charge on any atom is 0.264 e. The summed E-state index contributed by atoms with van der Waals surface area (Å²) in [6.07, 6.45) is 2.68. The highest BCUT2D eigenvalue weighted by atomic mass is 19.1. The summed E-state index contributed by atoms with van der Waals surface area (Å²) in [5, 5.41) is 7.09. The van der Waals surface area contributed by atoms with Crippen LogP contribution >= 0.6 is 0 Å². The number of hydrogen-bond donors (Lipinski definition) is 1. The van der Waals surface area contributed by atoms with Crippen LogP contribution in [0.15, 0.2) is 65.8 Å². The van der Waals surface area contributed by atoms with E-state index in [-0.39, 0.29) is 17.5 Å². The molecule has 0 radical (unpaired) electrons. The standard InChI is InChI=1S/C21H17F2N5O2/c1-13(16-8-7-14(22)9-18(16)23)26-19(29)11-27-12-24-20-17(21(27)30)10-25-28(20)15-5-3-2-4-6-15/h2-10,12-13H,11H2,1H3,(H,26,29). The van der Waals surface area contributed by atoms with Crippen molar-refractivity contribution in [2.24, 2.45) is 0 Å². The van der Waals surface area contributed by atoms with Gasteiger partial charge in [0.05, 0.1) is 17.9 Å². The zero-order chi connectivity index (χ0) is 21.3. The van der Waals surface area contributed by atoms with Crippen molar-refractivity contribution < 1.29 is 13.6 Å². The van der Waals surface area contributed by atoms with Crippen molar-refractivity contribution >= 4 is 16.9 Å². The van der Waals surface area contributed by atoms with Gasteiger partial charge in [0.2, 0.25) is 5.91 Å². The summed E-state index contributed by atoms with van der Waals surface area (Å²) in [6, 6.07) is 11.7. The number of para-hydroxylation sites is 1. The third-order valence-corrected chi connectivity index (χ3v) is 4.68. The van der Waals surface area contributed by atoms with Crippen LogP contribution in [0.2, 0.25) is 0 Å². The topological polar surface area (TPSA) is 81.8 Å². The normalized spacial score (nSPS) is 12.1. The molecule has 152 valence electrons. The average molecular weight is 409 g/mol. The molecule has 2 heterocycles. The molecule has 0 aliphatic heterocycles. The Labute approximate surface area is 169 Å². The molecule has 0 saturated carbocycles. The highest BCUT2D eigenvalue weighted by Gasteiger charge is 2.17. The molecule has 0 saturated heterocycles. The van der Waals surface area contributed by atoms with E-state index in [0.717, 1.165) is 22.4 Å². The Morgan fingerprint density at radius 3 is 2.67 bits per heavy atom. The fourth-order valence-electron chi connectivity index (χ4n) is 3.19. The molecule has 1 N–H and O–H groups in total. The maximum absolute atomic E-state index is 13.9. The van der Waals surface area contributed by atoms with Gasteiger partial charge in [-0.2, -0.15) is 5.10 Å². The van der Waals surface area contributed by atoms with Crippen LogP contribution in [0.5, 0.6) is 0 Å². The Morgan fingerprint density at radius 1 is 1.17 bits per heavy atom. The molecule has 9 heteroatoms. The number of amides is 1. The first-order valence-electron chi connectivity index (χ1n) is 9.17. The minimum Gasteiger partial charge on any atom is -0.348 e. The van der Waals surface area contributed by atoms with Gasteiger partial charge in [-0.3, -0.25) is 14.2 Å². The summed E-state index contributed by atoms with van der Waals surface area (Å²) >= 11 is 0. The molecule has 0 fully saturated rings. The summed E-state index contributed by atoms with van der Waals surface area (Å²) in [7, 11) is 0. The van der Waals surface area contributed by atoms with Crippen molar-refractivity contribution in [2.45, 2.75) is 19.5 Å². The molecule has 1 unspecified atom stereocenters. The lowest BCUT2D eigenvalue weighted by molar-refractivity contribution is -0.122. The molecule has 0 aliphatic rings. The van der Waals surface area contributed by atoms with Gasteiger partial charge in [0, 0.05) is 11.6 Å². The number of hydrogen-bond acceptors (Lipinski definition) is 4. The van der Waals surface area contributed by atoms with Crippen molar-refractivity contribution in [3.8, 4) is 5.69 Å². The molecule has 7 nitrogen and oxygen atoms in total. The van der Waals surface area contributed by atoms with Gasteiger partial charge in [-0.25, -0.2) is 18.4 Å². The van der Waals surface area contributed by atoms with E-state index in [1.54, 1.807) is 11.6 Å². The van der Waals surface area contributed by atoms with Crippen LogP contribution in [0, 0.1) is 11.6 Å². The predicted molar refractivity (Wildman–Crippen MR) is 106 cm³/mol. The Hall–Kier alpha value is -3.88. The van der Waals surface area contributed by atoms with E-state index in [2.05, 4.69) is 15.4 Å². The van der Waals surface area contributed by atoms with Gasteiger partial charge in [0.25, 0.3) is 5.56 Å². The molecule has 1 amide bonds. The molecule has 30 heavy (non-hydrogen) atoms. The number of aromatic nitrogens is 4. The predicted octanol–water partition coefficient (Wildman–Crippen LogP) is 2.74. The van der Waals surface area contributed by atoms with E-state index in [9.17, 15) is 18.4 Å². The highest BCUT2D eigenvalue weighted by molar-refractivity contribution is 5.78. The molecular weight excluding hydrogens is 392 g/mol. The molecule has 0 spiro atoms. The number of benzene rings is 2. The molecule has 4 rings (SSSR count). The second-order valence-corrected chi connectivity index (χ2v) is 6.76. The van der Waals surface area contributed by atoms with Crippen LogP contribution in [0.3, 0.4) is 0 Å². The lowest BCUT2D eigenvalue weighted by Gasteiger charge is -2.15. The molecule has 1 atom stereocenters. The molecule has 0 aliphatic carbocycles. The van der Waals surface area contributed by atoms with Gasteiger partial charge in [0.1, 0.15) is 29.9 Å². The smallest absolute Gasteiger partial charge is 0.264 e. The largest absolute Gasteiger partial charge is 0.348 e. The highest BCUT2D eigenvalue weighted by Crippen LogP contribution is 2.18. The number of nitrogens with one attached hydrogen (secondary N) is 1. The molecule has 2 aromatic carbocycles. The SMILES string of the molecule is CC(NC(=O)Cn1cnc2c(cnn2-c2ccccc2)c1=O)c1ccc(F)cc1F. The van der Waals surface area contributed by atoms with Crippen molar-refractivity contribution in [1.29, 1.82) is 0 Å². The van der Waals surface area contributed by atoms with Crippen LogP contribution in [0.1, 0.15) is 18.5 Å². The van der Waals surface area contributed by atoms with Crippen molar-refractivity contribution in [3.05, 3.63) is 88.6 Å². The van der Waals surface area contributed by atoms with Gasteiger partial charge in [-0.05, 0) is 25.1 Å². The maximum atomic E-state index is 13.9. The number of halogens is 2.